The summed E-state index contributed by atoms with van der Waals surface area (Å²) in [5.41, 5.74) is 7.75. The minimum absolute atomic E-state index is 0.0596. The molecule has 0 saturated carbocycles. The maximum absolute atomic E-state index is 14.6. The number of anilines is 2. The van der Waals surface area contributed by atoms with Crippen molar-refractivity contribution in [1.82, 2.24) is 15.2 Å². The molecule has 0 spiro atoms. The molecule has 3 atom stereocenters. The monoisotopic (exact) mass is 698 g/mol. The van der Waals surface area contributed by atoms with Gasteiger partial charge in [0.2, 0.25) is 5.91 Å². The number of aromatic amines is 1. The van der Waals surface area contributed by atoms with E-state index in [1.54, 1.807) is 30.2 Å². The molecule has 11 nitrogen and oxygen atoms in total. The zero-order chi connectivity index (χ0) is 35.6. The average Bonchev–Trinajstić information content (AvgIpc) is 3.46. The number of nitrogens with zero attached hydrogens (tertiary/aromatic N) is 2. The molecule has 3 aromatic carbocycles. The van der Waals surface area contributed by atoms with Crippen molar-refractivity contribution < 1.29 is 37.1 Å². The smallest absolute Gasteiger partial charge is 0.419 e. The number of fused-ring (bicyclic) bond motifs is 2. The summed E-state index contributed by atoms with van der Waals surface area (Å²) >= 11 is 6.34. The van der Waals surface area contributed by atoms with Crippen molar-refractivity contribution >= 4 is 57.7 Å². The van der Waals surface area contributed by atoms with E-state index < -0.39 is 53.3 Å². The second-order valence-electron chi connectivity index (χ2n) is 12.2. The van der Waals surface area contributed by atoms with Crippen molar-refractivity contribution in [3.05, 3.63) is 88.6 Å². The molecule has 4 aromatic rings. The fraction of sp³-hybridized carbons (Fsp3) is 0.294. The van der Waals surface area contributed by atoms with Crippen LogP contribution in [0.1, 0.15) is 34.3 Å². The van der Waals surface area contributed by atoms with Gasteiger partial charge in [-0.25, -0.2) is 9.59 Å². The third-order valence-corrected chi connectivity index (χ3v) is 8.51. The highest BCUT2D eigenvalue weighted by Crippen LogP contribution is 2.35. The molecule has 0 fully saturated rings. The number of nitrogens with two attached hydrogens (primary N) is 1. The number of esters is 1. The van der Waals surface area contributed by atoms with Crippen LogP contribution < -0.4 is 26.0 Å². The number of primary amides is 1. The van der Waals surface area contributed by atoms with Gasteiger partial charge in [0.25, 0.3) is 5.91 Å². The molecule has 0 bridgehead atoms. The minimum atomic E-state index is -5.36. The molecule has 0 radical (unpaired) electrons. The Labute approximate surface area is 284 Å². The fourth-order valence-corrected chi connectivity index (χ4v) is 6.33. The zero-order valence-corrected chi connectivity index (χ0v) is 27.5. The van der Waals surface area contributed by atoms with Crippen LogP contribution in [0.2, 0.25) is 5.02 Å². The number of amides is 4. The van der Waals surface area contributed by atoms with Gasteiger partial charge in [-0.1, -0.05) is 36.7 Å². The van der Waals surface area contributed by atoms with Crippen LogP contribution in [0.3, 0.4) is 0 Å². The standard InChI is InChI=1S/C34H34ClF3N6O5/c1-18(25-15-40-26-7-5-4-6-23(25)26)29(31(46)44-17-19(16-43(2)3)12-20-13-21(35)8-11-27(20)44)42-33(48)41-22-9-10-24(30(39)45)28(14-22)49-32(47)34(36,37)38/h4-11,13-15,18-19,29,40H,12,16-17H2,1-3H3,(H2,39,45)(H2,41,42,48)/t18?,19-,29?/m1/s1. The zero-order valence-electron chi connectivity index (χ0n) is 26.7. The first-order valence-electron chi connectivity index (χ1n) is 15.2. The Morgan fingerprint density at radius 2 is 1.84 bits per heavy atom. The summed E-state index contributed by atoms with van der Waals surface area (Å²) < 4.78 is 43.2. The van der Waals surface area contributed by atoms with Crippen LogP contribution in [0, 0.1) is 5.92 Å². The molecule has 5 N–H and O–H groups in total. The van der Waals surface area contributed by atoms with E-state index in [9.17, 15) is 32.3 Å². The number of hydrogen-bond acceptors (Lipinski definition) is 6. The van der Waals surface area contributed by atoms with Gasteiger partial charge in [0.15, 0.2) is 0 Å². The van der Waals surface area contributed by atoms with Crippen LogP contribution in [0.25, 0.3) is 10.9 Å². The number of benzene rings is 3. The maximum Gasteiger partial charge on any atom is 0.491 e. The summed E-state index contributed by atoms with van der Waals surface area (Å²) in [6.45, 7) is 2.86. The fourth-order valence-electron chi connectivity index (χ4n) is 6.13. The molecule has 49 heavy (non-hydrogen) atoms. The predicted octanol–water partition coefficient (Wildman–Crippen LogP) is 5.45. The van der Waals surface area contributed by atoms with Crippen LogP contribution >= 0.6 is 11.6 Å². The number of halogens is 4. The molecule has 0 saturated heterocycles. The van der Waals surface area contributed by atoms with E-state index in [-0.39, 0.29) is 11.6 Å². The summed E-state index contributed by atoms with van der Waals surface area (Å²) in [6, 6.07) is 13.8. The van der Waals surface area contributed by atoms with Crippen LogP contribution in [0.15, 0.2) is 66.9 Å². The number of aromatic nitrogens is 1. The van der Waals surface area contributed by atoms with Crippen LogP contribution in [-0.4, -0.2) is 73.1 Å². The van der Waals surface area contributed by atoms with Gasteiger partial charge in [0.1, 0.15) is 11.8 Å². The quantitative estimate of drug-likeness (QED) is 0.135. The predicted molar refractivity (Wildman–Crippen MR) is 179 cm³/mol. The van der Waals surface area contributed by atoms with E-state index in [0.29, 0.717) is 30.2 Å². The lowest BCUT2D eigenvalue weighted by Gasteiger charge is -2.38. The first-order chi connectivity index (χ1) is 23.1. The van der Waals surface area contributed by atoms with Gasteiger partial charge in [0.05, 0.1) is 5.56 Å². The molecule has 1 aliphatic rings. The van der Waals surface area contributed by atoms with Crippen molar-refractivity contribution in [2.24, 2.45) is 11.7 Å². The molecule has 1 aromatic heterocycles. The van der Waals surface area contributed by atoms with Crippen LogP contribution in [0.4, 0.5) is 29.3 Å². The van der Waals surface area contributed by atoms with E-state index in [4.69, 9.17) is 17.3 Å². The highest BCUT2D eigenvalue weighted by atomic mass is 35.5. The van der Waals surface area contributed by atoms with Crippen molar-refractivity contribution in [2.45, 2.75) is 31.5 Å². The van der Waals surface area contributed by atoms with Crippen molar-refractivity contribution in [2.75, 3.05) is 37.4 Å². The highest BCUT2D eigenvalue weighted by Gasteiger charge is 2.42. The number of hydrogen-bond donors (Lipinski definition) is 4. The Balaban J connectivity index is 1.49. The van der Waals surface area contributed by atoms with E-state index in [1.807, 2.05) is 49.3 Å². The summed E-state index contributed by atoms with van der Waals surface area (Å²) in [5, 5.41) is 6.61. The summed E-state index contributed by atoms with van der Waals surface area (Å²) in [7, 11) is 3.89. The van der Waals surface area contributed by atoms with Gasteiger partial charge in [-0.15, -0.1) is 0 Å². The Morgan fingerprint density at radius 3 is 2.53 bits per heavy atom. The lowest BCUT2D eigenvalue weighted by Crippen LogP contribution is -2.55. The lowest BCUT2D eigenvalue weighted by molar-refractivity contribution is -0.189. The minimum Gasteiger partial charge on any atom is -0.419 e. The lowest BCUT2D eigenvalue weighted by atomic mass is 9.88. The van der Waals surface area contributed by atoms with Crippen molar-refractivity contribution in [1.29, 1.82) is 0 Å². The Bertz CT molecular complexity index is 1910. The summed E-state index contributed by atoms with van der Waals surface area (Å²) in [5.74, 6) is -5.46. The Hall–Kier alpha value is -5.08. The van der Waals surface area contributed by atoms with Crippen molar-refractivity contribution in [3.63, 3.8) is 0 Å². The maximum atomic E-state index is 14.6. The number of carbonyl (C=O) groups excluding carboxylic acids is 4. The molecular weight excluding hydrogens is 665 g/mol. The van der Waals surface area contributed by atoms with E-state index >= 15 is 0 Å². The van der Waals surface area contributed by atoms with Gasteiger partial charge in [-0.05, 0) is 74.0 Å². The summed E-state index contributed by atoms with van der Waals surface area (Å²) in [4.78, 5) is 58.4. The SMILES string of the molecule is CC(c1c[nH]c2ccccc12)C(NC(=O)Nc1ccc(C(N)=O)c(OC(=O)C(F)(F)F)c1)C(=O)N1C[C@@H](CN(C)C)Cc2cc(Cl)ccc21. The number of nitrogens with one attached hydrogen (secondary N) is 3. The third-order valence-electron chi connectivity index (χ3n) is 8.27. The van der Waals surface area contributed by atoms with Crippen LogP contribution in [-0.2, 0) is 16.0 Å². The number of ether oxygens (including phenoxy) is 1. The molecule has 15 heteroatoms. The second kappa shape index (κ2) is 14.2. The van der Waals surface area contributed by atoms with Crippen molar-refractivity contribution in [3.8, 4) is 5.75 Å². The van der Waals surface area contributed by atoms with Gasteiger partial charge in [-0.2, -0.15) is 13.2 Å². The molecule has 1 aliphatic heterocycles. The third kappa shape index (κ3) is 7.98. The van der Waals surface area contributed by atoms with Gasteiger partial charge in [-0.3, -0.25) is 9.59 Å². The molecule has 258 valence electrons. The van der Waals surface area contributed by atoms with Crippen LogP contribution in [0.5, 0.6) is 5.75 Å². The Kier molecular flexibility index (Phi) is 10.2. The number of para-hydroxylation sites is 1. The van der Waals surface area contributed by atoms with Gasteiger partial charge in [0, 0.05) is 58.6 Å². The van der Waals surface area contributed by atoms with E-state index in [1.165, 1.54) is 6.07 Å². The highest BCUT2D eigenvalue weighted by molar-refractivity contribution is 6.30. The van der Waals surface area contributed by atoms with E-state index in [0.717, 1.165) is 34.2 Å². The summed E-state index contributed by atoms with van der Waals surface area (Å²) in [6.07, 6.45) is -2.89. The molecular formula is C34H34ClF3N6O5. The molecule has 2 unspecified atom stereocenters. The first-order valence-corrected chi connectivity index (χ1v) is 15.6. The van der Waals surface area contributed by atoms with Gasteiger partial charge >= 0.3 is 18.2 Å². The number of rotatable bonds is 9. The average molecular weight is 699 g/mol. The molecule has 2 heterocycles. The number of H-pyrrole nitrogens is 1. The Morgan fingerprint density at radius 1 is 1.10 bits per heavy atom. The molecule has 4 amide bonds. The largest absolute Gasteiger partial charge is 0.491 e. The molecule has 5 rings (SSSR count). The normalized spacial score (nSPS) is 15.8. The second-order valence-corrected chi connectivity index (χ2v) is 12.6. The molecule has 0 aliphatic carbocycles. The topological polar surface area (TPSA) is 150 Å². The number of urea groups is 1. The number of carbonyl (C=O) groups is 4. The van der Waals surface area contributed by atoms with E-state index in [2.05, 4.69) is 20.4 Å². The first kappa shape index (κ1) is 35.2. The number of alkyl halides is 3. The van der Waals surface area contributed by atoms with Gasteiger partial charge < -0.3 is 35.9 Å².